The molecule has 1 heterocycles. The number of nitrogens with zero attached hydrogens (tertiary/aromatic N) is 1. The number of hydrogen-bond acceptors (Lipinski definition) is 5. The molecule has 1 aliphatic heterocycles. The van der Waals surface area contributed by atoms with Crippen LogP contribution < -0.4 is 9.47 Å². The Balaban J connectivity index is 1.89. The van der Waals surface area contributed by atoms with Gasteiger partial charge < -0.3 is 14.4 Å². The molecule has 0 aliphatic carbocycles. The number of carbonyl (C=O) groups is 1. The van der Waals surface area contributed by atoms with E-state index in [0.717, 1.165) is 18.4 Å². The molecule has 3 rings (SSSR count). The van der Waals surface area contributed by atoms with Crippen LogP contribution in [-0.4, -0.2) is 46.2 Å². The number of rotatable bonds is 6. The van der Waals surface area contributed by atoms with Gasteiger partial charge in [-0.1, -0.05) is 12.1 Å². The van der Waals surface area contributed by atoms with E-state index in [2.05, 4.69) is 0 Å². The third kappa shape index (κ3) is 4.47. The first-order valence-electron chi connectivity index (χ1n) is 9.12. The van der Waals surface area contributed by atoms with Crippen molar-refractivity contribution in [3.05, 3.63) is 59.2 Å². The first-order valence-corrected chi connectivity index (χ1v) is 11.2. The average molecular weight is 404 g/mol. The van der Waals surface area contributed by atoms with Gasteiger partial charge in [-0.25, -0.2) is 8.42 Å². The van der Waals surface area contributed by atoms with Crippen molar-refractivity contribution in [2.45, 2.75) is 24.6 Å². The zero-order chi connectivity index (χ0) is 20.3. The monoisotopic (exact) mass is 403 g/mol. The van der Waals surface area contributed by atoms with Gasteiger partial charge in [0.2, 0.25) is 0 Å². The van der Waals surface area contributed by atoms with Crippen LogP contribution in [0.1, 0.15) is 40.4 Å². The summed E-state index contributed by atoms with van der Waals surface area (Å²) in [6, 6.07) is 12.4. The number of ether oxygens (including phenoxy) is 2. The summed E-state index contributed by atoms with van der Waals surface area (Å²) in [5.41, 5.74) is 2.06. The summed E-state index contributed by atoms with van der Waals surface area (Å²) in [5.74, 6) is 1.21. The van der Waals surface area contributed by atoms with Crippen molar-refractivity contribution in [2.24, 2.45) is 0 Å². The van der Waals surface area contributed by atoms with Crippen LogP contribution in [0, 0.1) is 0 Å². The Bertz CT molecular complexity index is 971. The van der Waals surface area contributed by atoms with Gasteiger partial charge in [0.05, 0.1) is 26.0 Å². The van der Waals surface area contributed by atoms with E-state index in [4.69, 9.17) is 9.47 Å². The van der Waals surface area contributed by atoms with Crippen LogP contribution >= 0.6 is 0 Å². The Morgan fingerprint density at radius 2 is 1.93 bits per heavy atom. The van der Waals surface area contributed by atoms with E-state index in [0.29, 0.717) is 29.2 Å². The molecule has 0 spiro atoms. The number of likely N-dealkylation sites (tertiary alicyclic amines) is 1. The zero-order valence-corrected chi connectivity index (χ0v) is 17.2. The maximum absolute atomic E-state index is 13.2. The number of benzene rings is 2. The van der Waals surface area contributed by atoms with E-state index in [1.807, 2.05) is 23.1 Å². The summed E-state index contributed by atoms with van der Waals surface area (Å²) in [6.45, 7) is 0.648. The van der Waals surface area contributed by atoms with Gasteiger partial charge in [-0.3, -0.25) is 4.79 Å². The van der Waals surface area contributed by atoms with Gasteiger partial charge in [0.25, 0.3) is 5.91 Å². The minimum Gasteiger partial charge on any atom is -0.497 e. The van der Waals surface area contributed by atoms with Crippen molar-refractivity contribution in [2.75, 3.05) is 27.0 Å². The van der Waals surface area contributed by atoms with Crippen LogP contribution in [0.25, 0.3) is 0 Å². The molecule has 150 valence electrons. The van der Waals surface area contributed by atoms with Gasteiger partial charge >= 0.3 is 0 Å². The van der Waals surface area contributed by atoms with Crippen molar-refractivity contribution in [3.8, 4) is 11.5 Å². The van der Waals surface area contributed by atoms with E-state index in [1.165, 1.54) is 6.26 Å². The van der Waals surface area contributed by atoms with Crippen molar-refractivity contribution in [1.29, 1.82) is 0 Å². The minimum atomic E-state index is -3.16. The van der Waals surface area contributed by atoms with Crippen LogP contribution in [0.15, 0.2) is 42.5 Å². The maximum Gasteiger partial charge on any atom is 0.254 e. The molecule has 1 fully saturated rings. The summed E-state index contributed by atoms with van der Waals surface area (Å²) < 4.78 is 33.9. The number of hydrogen-bond donors (Lipinski definition) is 0. The van der Waals surface area contributed by atoms with E-state index in [-0.39, 0.29) is 17.7 Å². The highest BCUT2D eigenvalue weighted by atomic mass is 32.2. The Hall–Kier alpha value is -2.54. The van der Waals surface area contributed by atoms with Gasteiger partial charge in [0.15, 0.2) is 9.84 Å². The third-order valence-electron chi connectivity index (χ3n) is 4.92. The topological polar surface area (TPSA) is 72.9 Å². The largest absolute Gasteiger partial charge is 0.497 e. The molecule has 1 amide bonds. The summed E-state index contributed by atoms with van der Waals surface area (Å²) in [6.07, 6.45) is 2.93. The zero-order valence-electron chi connectivity index (χ0n) is 16.3. The maximum atomic E-state index is 13.2. The molecule has 6 nitrogen and oxygen atoms in total. The summed E-state index contributed by atoms with van der Waals surface area (Å²) >= 11 is 0. The Morgan fingerprint density at radius 3 is 2.61 bits per heavy atom. The number of amides is 1. The lowest BCUT2D eigenvalue weighted by Gasteiger charge is -2.27. The predicted molar refractivity (Wildman–Crippen MR) is 108 cm³/mol. The van der Waals surface area contributed by atoms with Gasteiger partial charge in [0.1, 0.15) is 11.5 Å². The second-order valence-electron chi connectivity index (χ2n) is 7.03. The fourth-order valence-electron chi connectivity index (χ4n) is 3.69. The molecule has 0 saturated carbocycles. The lowest BCUT2D eigenvalue weighted by Crippen LogP contribution is -2.30. The lowest BCUT2D eigenvalue weighted by atomic mass is 10.0. The molecule has 0 bridgehead atoms. The van der Waals surface area contributed by atoms with E-state index >= 15 is 0 Å². The minimum absolute atomic E-state index is 0.0795. The molecule has 1 saturated heterocycles. The molecule has 7 heteroatoms. The number of carbonyl (C=O) groups excluding carboxylic acids is 1. The molecule has 1 unspecified atom stereocenters. The van der Waals surface area contributed by atoms with Crippen molar-refractivity contribution in [1.82, 2.24) is 4.90 Å². The second kappa shape index (κ2) is 8.22. The number of methoxy groups -OCH3 is 2. The van der Waals surface area contributed by atoms with Gasteiger partial charge in [-0.15, -0.1) is 0 Å². The van der Waals surface area contributed by atoms with Gasteiger partial charge in [0, 0.05) is 30.0 Å². The smallest absolute Gasteiger partial charge is 0.254 e. The molecule has 1 aliphatic rings. The van der Waals surface area contributed by atoms with Crippen LogP contribution in [0.5, 0.6) is 11.5 Å². The Kier molecular flexibility index (Phi) is 5.93. The first kappa shape index (κ1) is 20.2. The predicted octanol–water partition coefficient (Wildman–Crippen LogP) is 3.23. The van der Waals surface area contributed by atoms with Crippen LogP contribution in [0.4, 0.5) is 0 Å². The quantitative estimate of drug-likeness (QED) is 0.740. The molecule has 0 radical (unpaired) electrons. The summed E-state index contributed by atoms with van der Waals surface area (Å²) in [4.78, 5) is 15.0. The lowest BCUT2D eigenvalue weighted by molar-refractivity contribution is 0.0734. The second-order valence-corrected chi connectivity index (χ2v) is 9.18. The fraction of sp³-hybridized carbons (Fsp3) is 0.381. The molecular formula is C21H25NO5S. The molecule has 28 heavy (non-hydrogen) atoms. The van der Waals surface area contributed by atoms with Crippen molar-refractivity contribution < 1.29 is 22.7 Å². The molecule has 0 aromatic heterocycles. The Labute approximate surface area is 166 Å². The van der Waals surface area contributed by atoms with Gasteiger partial charge in [-0.2, -0.15) is 0 Å². The van der Waals surface area contributed by atoms with E-state index in [1.54, 1.807) is 38.5 Å². The van der Waals surface area contributed by atoms with Crippen molar-refractivity contribution >= 4 is 15.7 Å². The molecule has 2 aromatic carbocycles. The highest BCUT2D eigenvalue weighted by Gasteiger charge is 2.32. The number of sulfone groups is 1. The molecule has 2 aromatic rings. The van der Waals surface area contributed by atoms with Crippen LogP contribution in [0.3, 0.4) is 0 Å². The third-order valence-corrected chi connectivity index (χ3v) is 5.77. The van der Waals surface area contributed by atoms with Gasteiger partial charge in [-0.05, 0) is 42.7 Å². The SMILES string of the molecule is COc1ccc(C2CCCN2C(=O)c2cccc(CS(C)(=O)=O)c2)c(OC)c1. The molecule has 1 atom stereocenters. The first-order chi connectivity index (χ1) is 13.3. The summed E-state index contributed by atoms with van der Waals surface area (Å²) in [5, 5.41) is 0. The standard InChI is InChI=1S/C21H25NO5S/c1-26-17-9-10-18(20(13-17)27-2)19-8-5-11-22(19)21(23)16-7-4-6-15(12-16)14-28(3,24)25/h4,6-7,9-10,12-13,19H,5,8,11,14H2,1-3H3. The molecular weight excluding hydrogens is 378 g/mol. The molecule has 0 N–H and O–H groups in total. The fourth-order valence-corrected chi connectivity index (χ4v) is 4.47. The van der Waals surface area contributed by atoms with Crippen LogP contribution in [-0.2, 0) is 15.6 Å². The van der Waals surface area contributed by atoms with E-state index in [9.17, 15) is 13.2 Å². The highest BCUT2D eigenvalue weighted by Crippen LogP contribution is 2.39. The average Bonchev–Trinajstić information content (AvgIpc) is 3.15. The van der Waals surface area contributed by atoms with E-state index < -0.39 is 9.84 Å². The van der Waals surface area contributed by atoms with Crippen molar-refractivity contribution in [3.63, 3.8) is 0 Å². The Morgan fingerprint density at radius 1 is 1.14 bits per heavy atom. The van der Waals surface area contributed by atoms with Crippen LogP contribution in [0.2, 0.25) is 0 Å². The highest BCUT2D eigenvalue weighted by molar-refractivity contribution is 7.89. The summed E-state index contributed by atoms with van der Waals surface area (Å²) in [7, 11) is 0.0444. The normalized spacial score (nSPS) is 16.8.